The van der Waals surface area contributed by atoms with Crippen LogP contribution in [-0.2, 0) is 6.42 Å². The number of aromatic nitrogens is 2. The number of hydrogen-bond donors (Lipinski definition) is 1. The second kappa shape index (κ2) is 5.99. The lowest BCUT2D eigenvalue weighted by Gasteiger charge is -2.09. The largest absolute Gasteiger partial charge is 0.354 e. The predicted molar refractivity (Wildman–Crippen MR) is 79.8 cm³/mol. The number of nitrogens with zero attached hydrogens (tertiary/aromatic N) is 2. The summed E-state index contributed by atoms with van der Waals surface area (Å²) < 4.78 is 0.816. The molecule has 0 aliphatic rings. The maximum Gasteiger partial charge on any atom is 0.206 e. The number of nitrogens with one attached hydrogen (secondary N) is 1. The molecule has 0 saturated carbocycles. The van der Waals surface area contributed by atoms with Crippen molar-refractivity contribution >= 4 is 39.4 Å². The summed E-state index contributed by atoms with van der Waals surface area (Å²) in [6, 6.07) is 2.19. The first-order valence-electron chi connectivity index (χ1n) is 5.87. The third-order valence-electron chi connectivity index (χ3n) is 2.48. The molecule has 1 unspecified atom stereocenters. The van der Waals surface area contributed by atoms with E-state index in [1.807, 2.05) is 6.07 Å². The van der Waals surface area contributed by atoms with E-state index < -0.39 is 0 Å². The number of halogens is 1. The Labute approximate surface area is 120 Å². The van der Waals surface area contributed by atoms with Crippen LogP contribution < -0.4 is 5.32 Å². The number of thiophene rings is 1. The van der Waals surface area contributed by atoms with E-state index in [0.717, 1.165) is 20.9 Å². The number of hydrogen-bond acceptors (Lipinski definition) is 5. The summed E-state index contributed by atoms with van der Waals surface area (Å²) >= 11 is 9.11. The first-order chi connectivity index (χ1) is 8.54. The highest BCUT2D eigenvalue weighted by molar-refractivity contribution is 7.15. The first kappa shape index (κ1) is 13.8. The maximum absolute atomic E-state index is 5.93. The summed E-state index contributed by atoms with van der Waals surface area (Å²) in [5.74, 6) is 0.610. The third-order valence-corrected chi connectivity index (χ3v) is 4.46. The van der Waals surface area contributed by atoms with Gasteiger partial charge in [-0.1, -0.05) is 36.8 Å². The second-order valence-corrected chi connectivity index (χ2v) is 7.25. The molecule has 0 aliphatic heterocycles. The molecule has 0 fully saturated rings. The molecule has 2 heterocycles. The van der Waals surface area contributed by atoms with Crippen molar-refractivity contribution in [3.8, 4) is 0 Å². The number of rotatable bonds is 5. The van der Waals surface area contributed by atoms with Crippen LogP contribution in [0.15, 0.2) is 11.4 Å². The van der Waals surface area contributed by atoms with Gasteiger partial charge < -0.3 is 5.32 Å². The molecule has 0 spiro atoms. The van der Waals surface area contributed by atoms with Crippen LogP contribution in [0.25, 0.3) is 0 Å². The van der Waals surface area contributed by atoms with E-state index >= 15 is 0 Å². The molecule has 1 atom stereocenters. The fourth-order valence-corrected chi connectivity index (χ4v) is 3.59. The van der Waals surface area contributed by atoms with Crippen LogP contribution >= 0.6 is 34.3 Å². The second-order valence-electron chi connectivity index (χ2n) is 4.65. The Kier molecular flexibility index (Phi) is 4.59. The topological polar surface area (TPSA) is 37.8 Å². The molecule has 3 nitrogen and oxygen atoms in total. The Morgan fingerprint density at radius 2 is 2.11 bits per heavy atom. The Morgan fingerprint density at radius 1 is 1.33 bits per heavy atom. The van der Waals surface area contributed by atoms with Crippen LogP contribution in [0.3, 0.4) is 0 Å². The van der Waals surface area contributed by atoms with Crippen LogP contribution in [0.2, 0.25) is 4.34 Å². The molecule has 1 N–H and O–H groups in total. The van der Waals surface area contributed by atoms with Crippen molar-refractivity contribution in [2.24, 2.45) is 5.92 Å². The van der Waals surface area contributed by atoms with E-state index in [4.69, 9.17) is 11.6 Å². The van der Waals surface area contributed by atoms with Gasteiger partial charge in [-0.25, -0.2) is 0 Å². The average Bonchev–Trinajstić information content (AvgIpc) is 2.87. The zero-order chi connectivity index (χ0) is 13.1. The minimum atomic E-state index is 0.202. The van der Waals surface area contributed by atoms with Gasteiger partial charge >= 0.3 is 0 Å². The highest BCUT2D eigenvalue weighted by Crippen LogP contribution is 2.28. The highest BCUT2D eigenvalue weighted by atomic mass is 35.5. The van der Waals surface area contributed by atoms with Crippen LogP contribution in [0.1, 0.15) is 37.4 Å². The van der Waals surface area contributed by atoms with Gasteiger partial charge in [-0.3, -0.25) is 0 Å². The van der Waals surface area contributed by atoms with Gasteiger partial charge in [0, 0.05) is 6.42 Å². The zero-order valence-corrected chi connectivity index (χ0v) is 13.0. The fourth-order valence-electron chi connectivity index (χ4n) is 1.56. The predicted octanol–water partition coefficient (Wildman–Crippen LogP) is 4.62. The van der Waals surface area contributed by atoms with Gasteiger partial charge in [0.15, 0.2) is 0 Å². The van der Waals surface area contributed by atoms with Gasteiger partial charge in [-0.2, -0.15) is 0 Å². The van der Waals surface area contributed by atoms with Crippen molar-refractivity contribution in [3.63, 3.8) is 0 Å². The zero-order valence-electron chi connectivity index (χ0n) is 10.6. The van der Waals surface area contributed by atoms with Crippen molar-refractivity contribution in [2.75, 3.05) is 5.32 Å². The summed E-state index contributed by atoms with van der Waals surface area (Å²) in [6.45, 7) is 6.47. The van der Waals surface area contributed by atoms with Crippen LogP contribution in [0, 0.1) is 5.92 Å². The van der Waals surface area contributed by atoms with Gasteiger partial charge in [-0.15, -0.1) is 21.5 Å². The lowest BCUT2D eigenvalue weighted by Crippen LogP contribution is -2.04. The normalized spacial score (nSPS) is 12.9. The van der Waals surface area contributed by atoms with Crippen molar-refractivity contribution in [1.82, 2.24) is 10.2 Å². The molecule has 0 amide bonds. The summed E-state index contributed by atoms with van der Waals surface area (Å²) in [6.07, 6.45) is 0.984. The standard InChI is InChI=1S/C12H16ClN3S2/c1-7(2)4-11-15-16-12(18-11)14-8(3)9-5-10(13)17-6-9/h5-8H,4H2,1-3H3,(H,14,16). The van der Waals surface area contributed by atoms with E-state index in [-0.39, 0.29) is 6.04 Å². The molecular formula is C12H16ClN3S2. The minimum Gasteiger partial charge on any atom is -0.354 e. The highest BCUT2D eigenvalue weighted by Gasteiger charge is 2.11. The quantitative estimate of drug-likeness (QED) is 0.875. The molecule has 6 heteroatoms. The summed E-state index contributed by atoms with van der Waals surface area (Å²) in [5.41, 5.74) is 1.19. The lowest BCUT2D eigenvalue weighted by atomic mass is 10.1. The van der Waals surface area contributed by atoms with E-state index in [2.05, 4.69) is 41.7 Å². The Balaban J connectivity index is 1.98. The van der Waals surface area contributed by atoms with Crippen LogP contribution in [-0.4, -0.2) is 10.2 Å². The summed E-state index contributed by atoms with van der Waals surface area (Å²) in [7, 11) is 0. The van der Waals surface area contributed by atoms with E-state index in [0.29, 0.717) is 5.92 Å². The van der Waals surface area contributed by atoms with Crippen molar-refractivity contribution in [1.29, 1.82) is 0 Å². The van der Waals surface area contributed by atoms with Crippen LogP contribution in [0.5, 0.6) is 0 Å². The summed E-state index contributed by atoms with van der Waals surface area (Å²) in [5, 5.41) is 15.7. The average molecular weight is 302 g/mol. The molecule has 0 saturated heterocycles. The van der Waals surface area contributed by atoms with E-state index in [1.54, 1.807) is 22.7 Å². The van der Waals surface area contributed by atoms with E-state index in [1.165, 1.54) is 5.56 Å². The molecule has 0 bridgehead atoms. The first-order valence-corrected chi connectivity index (χ1v) is 7.95. The van der Waals surface area contributed by atoms with Gasteiger partial charge in [0.25, 0.3) is 0 Å². The fraction of sp³-hybridized carbons (Fsp3) is 0.500. The third kappa shape index (κ3) is 3.67. The number of anilines is 1. The monoisotopic (exact) mass is 301 g/mol. The van der Waals surface area contributed by atoms with Crippen molar-refractivity contribution in [2.45, 2.75) is 33.2 Å². The lowest BCUT2D eigenvalue weighted by molar-refractivity contribution is 0.640. The van der Waals surface area contributed by atoms with Gasteiger partial charge in [-0.05, 0) is 29.9 Å². The van der Waals surface area contributed by atoms with E-state index in [9.17, 15) is 0 Å². The Hall–Kier alpha value is -0.650. The maximum atomic E-state index is 5.93. The van der Waals surface area contributed by atoms with Crippen molar-refractivity contribution < 1.29 is 0 Å². The molecule has 0 radical (unpaired) electrons. The molecule has 2 aromatic rings. The Morgan fingerprint density at radius 3 is 2.72 bits per heavy atom. The van der Waals surface area contributed by atoms with Crippen LogP contribution in [0.4, 0.5) is 5.13 Å². The molecule has 18 heavy (non-hydrogen) atoms. The van der Waals surface area contributed by atoms with Crippen molar-refractivity contribution in [3.05, 3.63) is 26.4 Å². The SMILES string of the molecule is CC(C)Cc1nnc(NC(C)c2csc(Cl)c2)s1. The Bertz CT molecular complexity index is 507. The van der Waals surface area contributed by atoms with Gasteiger partial charge in [0.05, 0.1) is 10.4 Å². The smallest absolute Gasteiger partial charge is 0.206 e. The minimum absolute atomic E-state index is 0.202. The molecule has 0 aliphatic carbocycles. The molecule has 98 valence electrons. The summed E-state index contributed by atoms with van der Waals surface area (Å²) in [4.78, 5) is 0. The molecule has 2 aromatic heterocycles. The van der Waals surface area contributed by atoms with Gasteiger partial charge in [0.2, 0.25) is 5.13 Å². The molecule has 0 aromatic carbocycles. The molecule has 2 rings (SSSR count). The van der Waals surface area contributed by atoms with Gasteiger partial charge in [0.1, 0.15) is 5.01 Å². The molecular weight excluding hydrogens is 286 g/mol.